The lowest BCUT2D eigenvalue weighted by Crippen LogP contribution is -2.43. The molecule has 0 radical (unpaired) electrons. The zero-order chi connectivity index (χ0) is 16.9. The van der Waals surface area contributed by atoms with Gasteiger partial charge in [0.15, 0.2) is 5.82 Å². The van der Waals surface area contributed by atoms with Gasteiger partial charge in [-0.25, -0.2) is 19.2 Å². The molecule has 2 heterocycles. The van der Waals surface area contributed by atoms with Crippen molar-refractivity contribution in [2.75, 3.05) is 18.4 Å². The van der Waals surface area contributed by atoms with Gasteiger partial charge in [0.2, 0.25) is 0 Å². The Morgan fingerprint density at radius 1 is 1.29 bits per heavy atom. The lowest BCUT2D eigenvalue weighted by Gasteiger charge is -2.31. The molecule has 1 N–H and O–H groups in total. The van der Waals surface area contributed by atoms with Crippen LogP contribution in [0.1, 0.15) is 12.8 Å². The number of carbonyl (C=O) groups is 1. The highest BCUT2D eigenvalue weighted by Crippen LogP contribution is 2.18. The second kappa shape index (κ2) is 7.44. The molecule has 0 spiro atoms. The number of benzene rings is 1. The minimum Gasteiger partial charge on any atom is -0.460 e. The van der Waals surface area contributed by atoms with Crippen LogP contribution in [0.2, 0.25) is 5.02 Å². The molecule has 1 aromatic heterocycles. The molecular weight excluding hydrogens is 335 g/mol. The molecule has 8 heteroatoms. The van der Waals surface area contributed by atoms with Crippen LogP contribution in [0.5, 0.6) is 6.01 Å². The Morgan fingerprint density at radius 3 is 2.67 bits per heavy atom. The standard InChI is InChI=1S/C16H16ClFN4O2/c17-11-2-1-3-13(8-11)21-16(23)22-6-4-14(5-7-22)24-15-19-9-12(18)10-20-15/h1-3,8-10,14H,4-7H2,(H,21,23). The average molecular weight is 351 g/mol. The average Bonchev–Trinajstić information content (AvgIpc) is 2.57. The smallest absolute Gasteiger partial charge is 0.321 e. The summed E-state index contributed by atoms with van der Waals surface area (Å²) in [5, 5.41) is 3.39. The summed E-state index contributed by atoms with van der Waals surface area (Å²) in [5.74, 6) is -0.505. The third-order valence-electron chi connectivity index (χ3n) is 3.67. The van der Waals surface area contributed by atoms with Gasteiger partial charge in [-0.15, -0.1) is 0 Å². The first-order valence-electron chi connectivity index (χ1n) is 7.56. The van der Waals surface area contributed by atoms with Gasteiger partial charge in [-0.05, 0) is 18.2 Å². The normalized spacial score (nSPS) is 15.2. The van der Waals surface area contributed by atoms with Gasteiger partial charge in [-0.3, -0.25) is 0 Å². The minimum atomic E-state index is -0.505. The summed E-state index contributed by atoms with van der Waals surface area (Å²) in [7, 11) is 0. The van der Waals surface area contributed by atoms with Crippen LogP contribution in [0.25, 0.3) is 0 Å². The van der Waals surface area contributed by atoms with Gasteiger partial charge in [0.1, 0.15) is 6.10 Å². The number of carbonyl (C=O) groups excluding carboxylic acids is 1. The fourth-order valence-corrected chi connectivity index (χ4v) is 2.65. The van der Waals surface area contributed by atoms with E-state index in [1.54, 1.807) is 29.2 Å². The van der Waals surface area contributed by atoms with E-state index < -0.39 is 5.82 Å². The number of likely N-dealkylation sites (tertiary alicyclic amines) is 1. The van der Waals surface area contributed by atoms with Gasteiger partial charge in [0.05, 0.1) is 12.4 Å². The number of nitrogens with zero attached hydrogens (tertiary/aromatic N) is 3. The highest BCUT2D eigenvalue weighted by Gasteiger charge is 2.24. The van der Waals surface area contributed by atoms with Crippen LogP contribution >= 0.6 is 11.6 Å². The summed E-state index contributed by atoms with van der Waals surface area (Å²) in [5.41, 5.74) is 0.658. The lowest BCUT2D eigenvalue weighted by atomic mass is 10.1. The van der Waals surface area contributed by atoms with E-state index in [2.05, 4.69) is 15.3 Å². The molecule has 126 valence electrons. The maximum atomic E-state index is 12.8. The highest BCUT2D eigenvalue weighted by atomic mass is 35.5. The van der Waals surface area contributed by atoms with Crippen LogP contribution in [0, 0.1) is 5.82 Å². The molecular formula is C16H16ClFN4O2. The maximum absolute atomic E-state index is 12.8. The molecule has 0 bridgehead atoms. The Labute approximate surface area is 143 Å². The number of hydrogen-bond donors (Lipinski definition) is 1. The van der Waals surface area contributed by atoms with Crippen molar-refractivity contribution in [2.45, 2.75) is 18.9 Å². The molecule has 1 aliphatic heterocycles. The van der Waals surface area contributed by atoms with E-state index in [1.807, 2.05) is 0 Å². The van der Waals surface area contributed by atoms with E-state index >= 15 is 0 Å². The number of anilines is 1. The first-order valence-corrected chi connectivity index (χ1v) is 7.93. The number of halogens is 2. The van der Waals surface area contributed by atoms with Gasteiger partial charge in [-0.2, -0.15) is 0 Å². The van der Waals surface area contributed by atoms with Crippen molar-refractivity contribution >= 4 is 23.3 Å². The monoisotopic (exact) mass is 350 g/mol. The molecule has 1 aliphatic rings. The molecule has 0 aliphatic carbocycles. The Morgan fingerprint density at radius 2 is 2.00 bits per heavy atom. The number of amides is 2. The van der Waals surface area contributed by atoms with Crippen LogP contribution in [0.4, 0.5) is 14.9 Å². The number of hydrogen-bond acceptors (Lipinski definition) is 4. The Bertz CT molecular complexity index is 705. The van der Waals surface area contributed by atoms with E-state index in [0.29, 0.717) is 36.6 Å². The van der Waals surface area contributed by atoms with Gasteiger partial charge >= 0.3 is 12.0 Å². The van der Waals surface area contributed by atoms with E-state index in [9.17, 15) is 9.18 Å². The van der Waals surface area contributed by atoms with Gasteiger partial charge in [0.25, 0.3) is 0 Å². The summed E-state index contributed by atoms with van der Waals surface area (Å²) in [4.78, 5) is 21.5. The number of piperidine rings is 1. The molecule has 2 aromatic rings. The van der Waals surface area contributed by atoms with Crippen LogP contribution in [-0.4, -0.2) is 40.1 Å². The Balaban J connectivity index is 1.49. The molecule has 2 amide bonds. The van der Waals surface area contributed by atoms with E-state index in [-0.39, 0.29) is 18.1 Å². The second-order valence-corrected chi connectivity index (χ2v) is 5.87. The van der Waals surface area contributed by atoms with E-state index in [1.165, 1.54) is 0 Å². The summed E-state index contributed by atoms with van der Waals surface area (Å²) < 4.78 is 18.4. The van der Waals surface area contributed by atoms with Crippen molar-refractivity contribution in [2.24, 2.45) is 0 Å². The Hall–Kier alpha value is -2.41. The number of urea groups is 1. The van der Waals surface area contributed by atoms with Gasteiger partial charge < -0.3 is 15.0 Å². The molecule has 1 aromatic carbocycles. The first-order chi connectivity index (χ1) is 11.6. The molecule has 24 heavy (non-hydrogen) atoms. The quantitative estimate of drug-likeness (QED) is 0.921. The highest BCUT2D eigenvalue weighted by molar-refractivity contribution is 6.30. The van der Waals surface area contributed by atoms with Crippen molar-refractivity contribution in [3.8, 4) is 6.01 Å². The first kappa shape index (κ1) is 16.4. The summed E-state index contributed by atoms with van der Waals surface area (Å²) in [6.45, 7) is 1.11. The van der Waals surface area contributed by atoms with Crippen molar-refractivity contribution in [1.82, 2.24) is 14.9 Å². The zero-order valence-electron chi connectivity index (χ0n) is 12.8. The van der Waals surface area contributed by atoms with Crippen molar-refractivity contribution in [1.29, 1.82) is 0 Å². The maximum Gasteiger partial charge on any atom is 0.321 e. The van der Waals surface area contributed by atoms with Crippen molar-refractivity contribution in [3.63, 3.8) is 0 Å². The van der Waals surface area contributed by atoms with Crippen LogP contribution in [0.15, 0.2) is 36.7 Å². The van der Waals surface area contributed by atoms with Gasteiger partial charge in [-0.1, -0.05) is 17.7 Å². The van der Waals surface area contributed by atoms with Gasteiger partial charge in [0, 0.05) is 36.6 Å². The molecule has 3 rings (SSSR count). The molecule has 1 fully saturated rings. The summed E-state index contributed by atoms with van der Waals surface area (Å²) in [6.07, 6.45) is 3.35. The molecule has 0 saturated carbocycles. The second-order valence-electron chi connectivity index (χ2n) is 5.43. The predicted molar refractivity (Wildman–Crippen MR) is 87.7 cm³/mol. The largest absolute Gasteiger partial charge is 0.460 e. The minimum absolute atomic E-state index is 0.0920. The van der Waals surface area contributed by atoms with E-state index in [0.717, 1.165) is 12.4 Å². The molecule has 6 nitrogen and oxygen atoms in total. The van der Waals surface area contributed by atoms with Crippen LogP contribution < -0.4 is 10.1 Å². The number of nitrogens with one attached hydrogen (secondary N) is 1. The SMILES string of the molecule is O=C(Nc1cccc(Cl)c1)N1CCC(Oc2ncc(F)cn2)CC1. The van der Waals surface area contributed by atoms with Crippen LogP contribution in [0.3, 0.4) is 0 Å². The Kier molecular flexibility index (Phi) is 5.10. The lowest BCUT2D eigenvalue weighted by molar-refractivity contribution is 0.107. The zero-order valence-corrected chi connectivity index (χ0v) is 13.5. The van der Waals surface area contributed by atoms with E-state index in [4.69, 9.17) is 16.3 Å². The third-order valence-corrected chi connectivity index (χ3v) is 3.91. The topological polar surface area (TPSA) is 67.4 Å². The number of rotatable bonds is 3. The predicted octanol–water partition coefficient (Wildman–Crippen LogP) is 3.34. The molecule has 0 unspecified atom stereocenters. The molecule has 1 saturated heterocycles. The number of ether oxygens (including phenoxy) is 1. The summed E-state index contributed by atoms with van der Waals surface area (Å²) >= 11 is 5.90. The fraction of sp³-hybridized carbons (Fsp3) is 0.312. The summed E-state index contributed by atoms with van der Waals surface area (Å²) in [6, 6.07) is 6.98. The third kappa shape index (κ3) is 4.32. The van der Waals surface area contributed by atoms with Crippen molar-refractivity contribution < 1.29 is 13.9 Å². The number of aromatic nitrogens is 2. The van der Waals surface area contributed by atoms with Crippen LogP contribution in [-0.2, 0) is 0 Å². The van der Waals surface area contributed by atoms with Crippen molar-refractivity contribution in [3.05, 3.63) is 47.5 Å². The fourth-order valence-electron chi connectivity index (χ4n) is 2.46. The molecule has 0 atom stereocenters.